The highest BCUT2D eigenvalue weighted by Crippen LogP contribution is 2.28. The number of hydrogen-bond acceptors (Lipinski definition) is 6. The summed E-state index contributed by atoms with van der Waals surface area (Å²) in [5.74, 6) is -0.876. The number of anilines is 1. The van der Waals surface area contributed by atoms with Gasteiger partial charge in [-0.25, -0.2) is 0 Å². The fourth-order valence-corrected chi connectivity index (χ4v) is 2.85. The highest BCUT2D eigenvalue weighted by Gasteiger charge is 2.44. The molecule has 12 heteroatoms. The quantitative estimate of drug-likeness (QED) is 0.384. The summed E-state index contributed by atoms with van der Waals surface area (Å²) >= 11 is 0. The van der Waals surface area contributed by atoms with Crippen molar-refractivity contribution in [3.8, 4) is 0 Å². The second-order valence-electron chi connectivity index (χ2n) is 6.06. The Labute approximate surface area is 159 Å². The van der Waals surface area contributed by atoms with E-state index in [4.69, 9.17) is 5.73 Å². The summed E-state index contributed by atoms with van der Waals surface area (Å²) in [6, 6.07) is 0.672. The predicted octanol–water partition coefficient (Wildman–Crippen LogP) is 1.47. The smallest absolute Gasteiger partial charge is 0.393 e. The third-order valence-corrected chi connectivity index (χ3v) is 4.17. The number of rotatable bonds is 5. The third-order valence-electron chi connectivity index (χ3n) is 4.17. The highest BCUT2D eigenvalue weighted by molar-refractivity contribution is 6.01. The largest absolute Gasteiger partial charge is 0.405 e. The van der Waals surface area contributed by atoms with Crippen molar-refractivity contribution >= 4 is 29.7 Å². The van der Waals surface area contributed by atoms with Crippen LogP contribution in [0.4, 0.5) is 24.5 Å². The van der Waals surface area contributed by atoms with Gasteiger partial charge in [0.1, 0.15) is 11.7 Å². The topological polar surface area (TPSA) is 114 Å². The zero-order chi connectivity index (χ0) is 19.5. The Bertz CT molecular complexity index is 696. The van der Waals surface area contributed by atoms with Gasteiger partial charge in [0.05, 0.1) is 10.5 Å². The van der Waals surface area contributed by atoms with E-state index in [1.54, 1.807) is 0 Å². The number of aryl methyl sites for hydroxylation is 1. The molecule has 0 bridgehead atoms. The summed E-state index contributed by atoms with van der Waals surface area (Å²) in [5.41, 5.74) is 5.02. The SMILES string of the molecule is Cc1cc(C(=O)NCC(N2CCNCC2)C(F)(F)F)c(N)c([N+](=O)[O-])c1.Cl. The maximum absolute atomic E-state index is 13.3. The van der Waals surface area contributed by atoms with Gasteiger partial charge in [0, 0.05) is 38.8 Å². The van der Waals surface area contributed by atoms with E-state index in [1.165, 1.54) is 24.0 Å². The monoisotopic (exact) mass is 411 g/mol. The lowest BCUT2D eigenvalue weighted by molar-refractivity contribution is -0.384. The second kappa shape index (κ2) is 9.20. The molecule has 1 aliphatic rings. The Morgan fingerprint density at radius 2 is 2.00 bits per heavy atom. The molecule has 0 spiro atoms. The fourth-order valence-electron chi connectivity index (χ4n) is 2.85. The first-order valence-electron chi connectivity index (χ1n) is 7.95. The van der Waals surface area contributed by atoms with Gasteiger partial charge in [-0.05, 0) is 18.6 Å². The molecule has 2 rings (SSSR count). The molecule has 152 valence electrons. The summed E-state index contributed by atoms with van der Waals surface area (Å²) in [7, 11) is 0. The molecular formula is C15H21ClF3N5O3. The molecule has 1 saturated heterocycles. The van der Waals surface area contributed by atoms with E-state index in [1.807, 2.05) is 0 Å². The molecule has 1 atom stereocenters. The average Bonchev–Trinajstić information content (AvgIpc) is 2.56. The molecule has 1 heterocycles. The lowest BCUT2D eigenvalue weighted by atomic mass is 10.1. The standard InChI is InChI=1S/C15H20F3N5O3.ClH/c1-9-6-10(13(19)11(7-9)23(25)26)14(24)21-8-12(15(16,17)18)22-4-2-20-3-5-22;/h6-7,12,20H,2-5,8,19H2,1H3,(H,21,24);1H. The number of nitro benzene ring substituents is 1. The molecule has 1 unspecified atom stereocenters. The Morgan fingerprint density at radius 3 is 2.52 bits per heavy atom. The van der Waals surface area contributed by atoms with E-state index in [0.29, 0.717) is 18.7 Å². The number of halogens is 4. The third kappa shape index (κ3) is 5.68. The number of benzene rings is 1. The van der Waals surface area contributed by atoms with Gasteiger partial charge in [-0.15, -0.1) is 12.4 Å². The molecule has 1 aliphatic heterocycles. The number of piperazine rings is 1. The van der Waals surface area contributed by atoms with Crippen LogP contribution in [0.5, 0.6) is 0 Å². The van der Waals surface area contributed by atoms with Crippen LogP contribution in [0.1, 0.15) is 15.9 Å². The van der Waals surface area contributed by atoms with Crippen molar-refractivity contribution in [1.29, 1.82) is 0 Å². The first-order chi connectivity index (χ1) is 12.1. The number of amides is 1. The number of carbonyl (C=O) groups excluding carboxylic acids is 1. The predicted molar refractivity (Wildman–Crippen MR) is 96.1 cm³/mol. The van der Waals surface area contributed by atoms with E-state index in [9.17, 15) is 28.1 Å². The van der Waals surface area contributed by atoms with Crippen LogP contribution in [0.2, 0.25) is 0 Å². The van der Waals surface area contributed by atoms with Crippen molar-refractivity contribution in [1.82, 2.24) is 15.5 Å². The van der Waals surface area contributed by atoms with Gasteiger partial charge in [0.25, 0.3) is 11.6 Å². The lowest BCUT2D eigenvalue weighted by Crippen LogP contribution is -2.57. The number of carbonyl (C=O) groups is 1. The molecule has 1 aromatic carbocycles. The van der Waals surface area contributed by atoms with Crippen LogP contribution in [0.3, 0.4) is 0 Å². The molecule has 0 aromatic heterocycles. The van der Waals surface area contributed by atoms with Crippen molar-refractivity contribution in [2.75, 3.05) is 38.5 Å². The number of nitro groups is 1. The van der Waals surface area contributed by atoms with E-state index < -0.39 is 35.3 Å². The summed E-state index contributed by atoms with van der Waals surface area (Å²) in [4.78, 5) is 23.8. The minimum absolute atomic E-state index is 0. The van der Waals surface area contributed by atoms with Gasteiger partial charge < -0.3 is 16.4 Å². The van der Waals surface area contributed by atoms with E-state index in [-0.39, 0.29) is 36.7 Å². The van der Waals surface area contributed by atoms with Crippen LogP contribution in [-0.2, 0) is 0 Å². The molecule has 0 aliphatic carbocycles. The Hall–Kier alpha value is -2.11. The van der Waals surface area contributed by atoms with Gasteiger partial charge in [-0.2, -0.15) is 13.2 Å². The zero-order valence-electron chi connectivity index (χ0n) is 14.5. The summed E-state index contributed by atoms with van der Waals surface area (Å²) in [5, 5.41) is 16.2. The maximum Gasteiger partial charge on any atom is 0.405 e. The molecule has 27 heavy (non-hydrogen) atoms. The van der Waals surface area contributed by atoms with Crippen LogP contribution in [0.25, 0.3) is 0 Å². The van der Waals surface area contributed by atoms with E-state index in [2.05, 4.69) is 10.6 Å². The zero-order valence-corrected chi connectivity index (χ0v) is 15.3. The summed E-state index contributed by atoms with van der Waals surface area (Å²) in [6.07, 6.45) is -4.52. The van der Waals surface area contributed by atoms with Crippen molar-refractivity contribution in [3.63, 3.8) is 0 Å². The van der Waals surface area contributed by atoms with Crippen LogP contribution >= 0.6 is 12.4 Å². The van der Waals surface area contributed by atoms with Crippen LogP contribution in [-0.4, -0.2) is 60.7 Å². The van der Waals surface area contributed by atoms with Gasteiger partial charge in [0.15, 0.2) is 0 Å². The molecular weight excluding hydrogens is 391 g/mol. The Balaban J connectivity index is 0.00000364. The van der Waals surface area contributed by atoms with Crippen LogP contribution < -0.4 is 16.4 Å². The number of nitrogens with one attached hydrogen (secondary N) is 2. The van der Waals surface area contributed by atoms with E-state index in [0.717, 1.165) is 0 Å². The van der Waals surface area contributed by atoms with Crippen LogP contribution in [0, 0.1) is 17.0 Å². The number of nitrogens with two attached hydrogens (primary N) is 1. The molecule has 4 N–H and O–H groups in total. The molecule has 1 amide bonds. The average molecular weight is 412 g/mol. The van der Waals surface area contributed by atoms with Crippen molar-refractivity contribution in [2.45, 2.75) is 19.1 Å². The molecule has 1 fully saturated rings. The van der Waals surface area contributed by atoms with Gasteiger partial charge >= 0.3 is 6.18 Å². The second-order valence-corrected chi connectivity index (χ2v) is 6.06. The number of hydrogen-bond donors (Lipinski definition) is 3. The number of nitrogens with zero attached hydrogens (tertiary/aromatic N) is 2. The first-order valence-corrected chi connectivity index (χ1v) is 7.95. The molecule has 0 radical (unpaired) electrons. The normalized spacial score (nSPS) is 16.3. The van der Waals surface area contributed by atoms with E-state index >= 15 is 0 Å². The number of alkyl halides is 3. The van der Waals surface area contributed by atoms with Gasteiger partial charge in [0.2, 0.25) is 0 Å². The summed E-state index contributed by atoms with van der Waals surface area (Å²) < 4.78 is 40.0. The van der Waals surface area contributed by atoms with Crippen molar-refractivity contribution in [2.24, 2.45) is 0 Å². The highest BCUT2D eigenvalue weighted by atomic mass is 35.5. The Kier molecular flexibility index (Phi) is 7.81. The minimum atomic E-state index is -4.52. The lowest BCUT2D eigenvalue weighted by Gasteiger charge is -2.35. The molecule has 1 aromatic rings. The first kappa shape index (κ1) is 22.9. The van der Waals surface area contributed by atoms with Crippen molar-refractivity contribution < 1.29 is 22.9 Å². The summed E-state index contributed by atoms with van der Waals surface area (Å²) in [6.45, 7) is 2.14. The fraction of sp³-hybridized carbons (Fsp3) is 0.533. The number of nitrogen functional groups attached to an aromatic ring is 1. The molecule has 0 saturated carbocycles. The van der Waals surface area contributed by atoms with Crippen LogP contribution in [0.15, 0.2) is 12.1 Å². The minimum Gasteiger partial charge on any atom is -0.393 e. The Morgan fingerprint density at radius 1 is 1.41 bits per heavy atom. The molecule has 8 nitrogen and oxygen atoms in total. The van der Waals surface area contributed by atoms with Gasteiger partial charge in [-0.3, -0.25) is 19.8 Å². The maximum atomic E-state index is 13.3. The van der Waals surface area contributed by atoms with Gasteiger partial charge in [-0.1, -0.05) is 0 Å². The van der Waals surface area contributed by atoms with Crippen molar-refractivity contribution in [3.05, 3.63) is 33.4 Å².